The van der Waals surface area contributed by atoms with Crippen LogP contribution in [0.4, 0.5) is 0 Å². The molecule has 1 N–H and O–H groups in total. The van der Waals surface area contributed by atoms with E-state index in [2.05, 4.69) is 39.4 Å². The minimum absolute atomic E-state index is 0.232. The third kappa shape index (κ3) is 4.02. The summed E-state index contributed by atoms with van der Waals surface area (Å²) >= 11 is 0. The van der Waals surface area contributed by atoms with Crippen LogP contribution in [0.2, 0.25) is 0 Å². The molecular weight excluding hydrogens is 322 g/mol. The fourth-order valence-electron chi connectivity index (χ4n) is 4.87. The summed E-state index contributed by atoms with van der Waals surface area (Å²) in [6.07, 6.45) is 9.99. The van der Waals surface area contributed by atoms with Crippen molar-refractivity contribution in [3.05, 3.63) is 42.0 Å². The molecule has 1 spiro atoms. The maximum Gasteiger partial charge on any atom is 0.223 e. The molecule has 4 rings (SSSR count). The predicted molar refractivity (Wildman–Crippen MR) is 106 cm³/mol. The van der Waals surface area contributed by atoms with Crippen LogP contribution in [0, 0.1) is 5.41 Å². The lowest BCUT2D eigenvalue weighted by atomic mass is 9.77. The number of likely N-dealkylation sites (tertiary alicyclic amines) is 2. The van der Waals surface area contributed by atoms with E-state index in [0.29, 0.717) is 11.9 Å². The van der Waals surface area contributed by atoms with Gasteiger partial charge in [-0.15, -0.1) is 0 Å². The summed E-state index contributed by atoms with van der Waals surface area (Å²) in [5, 5.41) is 3.53. The van der Waals surface area contributed by atoms with Crippen molar-refractivity contribution < 1.29 is 4.79 Å². The van der Waals surface area contributed by atoms with Gasteiger partial charge in [-0.3, -0.25) is 9.69 Å². The van der Waals surface area contributed by atoms with Crippen LogP contribution in [0.15, 0.2) is 36.4 Å². The number of carbonyl (C=O) groups excluding carboxylic acids is 1. The number of carbonyl (C=O) groups is 1. The van der Waals surface area contributed by atoms with Gasteiger partial charge in [-0.2, -0.15) is 0 Å². The first-order valence-corrected chi connectivity index (χ1v) is 10.2. The lowest BCUT2D eigenvalue weighted by molar-refractivity contribution is -0.127. The van der Waals surface area contributed by atoms with Crippen LogP contribution in [-0.2, 0) is 4.79 Å². The highest BCUT2D eigenvalue weighted by molar-refractivity contribution is 5.79. The second-order valence-corrected chi connectivity index (χ2v) is 8.30. The number of hydrogen-bond acceptors (Lipinski definition) is 3. The summed E-state index contributed by atoms with van der Waals surface area (Å²) < 4.78 is 0. The number of nitrogens with zero attached hydrogens (tertiary/aromatic N) is 2. The van der Waals surface area contributed by atoms with Gasteiger partial charge in [0.2, 0.25) is 5.91 Å². The molecule has 0 aromatic heterocycles. The first-order chi connectivity index (χ1) is 12.7. The Labute approximate surface area is 157 Å². The van der Waals surface area contributed by atoms with Gasteiger partial charge in [-0.1, -0.05) is 42.5 Å². The van der Waals surface area contributed by atoms with E-state index in [1.165, 1.54) is 37.8 Å². The molecule has 140 valence electrons. The highest BCUT2D eigenvalue weighted by Gasteiger charge is 2.45. The van der Waals surface area contributed by atoms with Crippen LogP contribution in [0.3, 0.4) is 0 Å². The van der Waals surface area contributed by atoms with Gasteiger partial charge in [0.1, 0.15) is 0 Å². The molecule has 1 atom stereocenters. The van der Waals surface area contributed by atoms with Crippen molar-refractivity contribution >= 4 is 12.0 Å². The summed E-state index contributed by atoms with van der Waals surface area (Å²) in [6, 6.07) is 11.0. The molecule has 3 aliphatic rings. The summed E-state index contributed by atoms with van der Waals surface area (Å²) in [7, 11) is 0. The zero-order chi connectivity index (χ0) is 17.8. The molecule has 4 heteroatoms. The molecular formula is C22H31N3O. The maximum atomic E-state index is 12.5. The second kappa shape index (κ2) is 7.93. The van der Waals surface area contributed by atoms with Crippen molar-refractivity contribution in [1.82, 2.24) is 15.1 Å². The van der Waals surface area contributed by atoms with Crippen LogP contribution in [0.1, 0.15) is 37.7 Å². The Balaban J connectivity index is 1.29. The minimum Gasteiger partial charge on any atom is -0.338 e. The monoisotopic (exact) mass is 353 g/mol. The molecule has 3 fully saturated rings. The molecule has 0 unspecified atom stereocenters. The second-order valence-electron chi connectivity index (χ2n) is 8.30. The van der Waals surface area contributed by atoms with E-state index in [-0.39, 0.29) is 5.41 Å². The molecule has 3 aliphatic heterocycles. The average Bonchev–Trinajstić information content (AvgIpc) is 2.99. The fourth-order valence-corrected chi connectivity index (χ4v) is 4.87. The van der Waals surface area contributed by atoms with Gasteiger partial charge >= 0.3 is 0 Å². The van der Waals surface area contributed by atoms with Gasteiger partial charge < -0.3 is 10.2 Å². The molecule has 3 heterocycles. The average molecular weight is 354 g/mol. The third-order valence-electron chi connectivity index (χ3n) is 6.49. The van der Waals surface area contributed by atoms with Crippen LogP contribution in [0.5, 0.6) is 0 Å². The van der Waals surface area contributed by atoms with Gasteiger partial charge in [-0.25, -0.2) is 0 Å². The summed E-state index contributed by atoms with van der Waals surface area (Å²) in [5.74, 6) is 0.343. The zero-order valence-electron chi connectivity index (χ0n) is 15.7. The molecule has 0 saturated carbocycles. The van der Waals surface area contributed by atoms with Crippen LogP contribution in [0.25, 0.3) is 6.08 Å². The van der Waals surface area contributed by atoms with Crippen LogP contribution < -0.4 is 5.32 Å². The lowest BCUT2D eigenvalue weighted by Crippen LogP contribution is -2.51. The van der Waals surface area contributed by atoms with Crippen molar-refractivity contribution in [3.63, 3.8) is 0 Å². The number of piperidine rings is 2. The molecule has 0 aliphatic carbocycles. The Hall–Kier alpha value is -1.65. The number of amides is 1. The van der Waals surface area contributed by atoms with Crippen LogP contribution >= 0.6 is 0 Å². The van der Waals surface area contributed by atoms with Crippen molar-refractivity contribution in [2.45, 2.75) is 38.1 Å². The van der Waals surface area contributed by atoms with Crippen molar-refractivity contribution in [3.8, 4) is 0 Å². The quantitative estimate of drug-likeness (QED) is 0.904. The van der Waals surface area contributed by atoms with E-state index >= 15 is 0 Å². The SMILES string of the molecule is O=C1CC2(CCN([C@H]3CCCNC3)CC2)CN1C/C=C/c1ccccc1. The molecule has 1 amide bonds. The first-order valence-electron chi connectivity index (χ1n) is 10.2. The number of hydrogen-bond donors (Lipinski definition) is 1. The predicted octanol–water partition coefficient (Wildman–Crippen LogP) is 2.77. The molecule has 0 bridgehead atoms. The standard InChI is InChI=1S/C22H31N3O/c26-21-16-22(10-14-24(15-11-22)20-9-4-12-23-17-20)18-25(21)13-5-8-19-6-2-1-3-7-19/h1-3,5-8,20,23H,4,9-18H2/b8-5+/t20-/m0/s1. The van der Waals surface area contributed by atoms with E-state index in [4.69, 9.17) is 0 Å². The molecule has 0 radical (unpaired) electrons. The van der Waals surface area contributed by atoms with E-state index in [9.17, 15) is 4.79 Å². The van der Waals surface area contributed by atoms with E-state index in [1.54, 1.807) is 0 Å². The summed E-state index contributed by atoms with van der Waals surface area (Å²) in [5.41, 5.74) is 1.43. The molecule has 3 saturated heterocycles. The van der Waals surface area contributed by atoms with Gasteiger partial charge in [0, 0.05) is 32.1 Å². The molecule has 1 aromatic carbocycles. The van der Waals surface area contributed by atoms with Gasteiger partial charge in [0.25, 0.3) is 0 Å². The topological polar surface area (TPSA) is 35.6 Å². The Morgan fingerprint density at radius 1 is 1.19 bits per heavy atom. The smallest absolute Gasteiger partial charge is 0.223 e. The highest BCUT2D eigenvalue weighted by Crippen LogP contribution is 2.41. The Kier molecular flexibility index (Phi) is 5.41. The minimum atomic E-state index is 0.232. The number of nitrogens with one attached hydrogen (secondary N) is 1. The third-order valence-corrected chi connectivity index (χ3v) is 6.49. The summed E-state index contributed by atoms with van der Waals surface area (Å²) in [6.45, 7) is 6.32. The number of rotatable bonds is 4. The van der Waals surface area contributed by atoms with Crippen molar-refractivity contribution in [2.24, 2.45) is 5.41 Å². The summed E-state index contributed by atoms with van der Waals surface area (Å²) in [4.78, 5) is 17.3. The molecule has 4 nitrogen and oxygen atoms in total. The van der Waals surface area contributed by atoms with Crippen molar-refractivity contribution in [2.75, 3.05) is 39.3 Å². The fraction of sp³-hybridized carbons (Fsp3) is 0.591. The number of benzene rings is 1. The van der Waals surface area contributed by atoms with Gasteiger partial charge in [0.15, 0.2) is 0 Å². The van der Waals surface area contributed by atoms with Gasteiger partial charge in [-0.05, 0) is 56.3 Å². The molecule has 1 aromatic rings. The van der Waals surface area contributed by atoms with Crippen LogP contribution in [-0.4, -0.2) is 61.0 Å². The van der Waals surface area contributed by atoms with E-state index in [1.807, 2.05) is 18.2 Å². The van der Waals surface area contributed by atoms with E-state index in [0.717, 1.165) is 39.1 Å². The highest BCUT2D eigenvalue weighted by atomic mass is 16.2. The molecule has 26 heavy (non-hydrogen) atoms. The maximum absolute atomic E-state index is 12.5. The first kappa shape index (κ1) is 17.7. The Morgan fingerprint density at radius 2 is 2.00 bits per heavy atom. The Bertz CT molecular complexity index is 628. The zero-order valence-corrected chi connectivity index (χ0v) is 15.7. The lowest BCUT2D eigenvalue weighted by Gasteiger charge is -2.43. The Morgan fingerprint density at radius 3 is 2.73 bits per heavy atom. The van der Waals surface area contributed by atoms with Crippen molar-refractivity contribution in [1.29, 1.82) is 0 Å². The van der Waals surface area contributed by atoms with E-state index < -0.39 is 0 Å². The van der Waals surface area contributed by atoms with Gasteiger partial charge in [0.05, 0.1) is 0 Å². The largest absolute Gasteiger partial charge is 0.338 e. The normalized spacial score (nSPS) is 26.8.